The number of aromatic nitrogens is 1. The second kappa shape index (κ2) is 6.46. The van der Waals surface area contributed by atoms with Crippen molar-refractivity contribution >= 4 is 11.7 Å². The number of hydrogen-bond acceptors (Lipinski definition) is 1. The highest BCUT2D eigenvalue weighted by molar-refractivity contribution is 5.90. The number of carbonyl (C=O) groups is 1. The molecule has 2 aromatic rings. The summed E-state index contributed by atoms with van der Waals surface area (Å²) in [5.41, 5.74) is -0.0613. The second-order valence-corrected chi connectivity index (χ2v) is 6.48. The highest BCUT2D eigenvalue weighted by Crippen LogP contribution is 2.36. The molecule has 2 heterocycles. The molecule has 0 saturated carbocycles. The van der Waals surface area contributed by atoms with Crippen molar-refractivity contribution in [3.05, 3.63) is 53.9 Å². The highest BCUT2D eigenvalue weighted by Gasteiger charge is 2.36. The molecule has 1 aliphatic heterocycles. The number of halogens is 3. The Labute approximate surface area is 144 Å². The largest absolute Gasteiger partial charge is 0.418 e. The van der Waals surface area contributed by atoms with Gasteiger partial charge < -0.3 is 14.8 Å². The molecule has 1 atom stereocenters. The van der Waals surface area contributed by atoms with Gasteiger partial charge in [0.25, 0.3) is 0 Å². The van der Waals surface area contributed by atoms with Gasteiger partial charge in [0, 0.05) is 25.0 Å². The van der Waals surface area contributed by atoms with Gasteiger partial charge in [-0.05, 0) is 30.2 Å². The maximum absolute atomic E-state index is 13.1. The molecular formula is C18H20F3N3O. The van der Waals surface area contributed by atoms with E-state index in [0.717, 1.165) is 11.8 Å². The summed E-state index contributed by atoms with van der Waals surface area (Å²) in [6, 6.07) is 8.22. The normalized spacial score (nSPS) is 17.5. The van der Waals surface area contributed by atoms with E-state index in [0.29, 0.717) is 13.1 Å². The molecule has 1 aromatic carbocycles. The van der Waals surface area contributed by atoms with Crippen LogP contribution in [0.2, 0.25) is 0 Å². The fraction of sp³-hybridized carbons (Fsp3) is 0.389. The number of carbonyl (C=O) groups excluding carboxylic acids is 1. The van der Waals surface area contributed by atoms with E-state index in [4.69, 9.17) is 0 Å². The first-order chi connectivity index (χ1) is 11.8. The van der Waals surface area contributed by atoms with Gasteiger partial charge in [-0.25, -0.2) is 4.79 Å². The molecule has 7 heteroatoms. The SMILES string of the molecule is CC(C)[C@@H]1c2cccn2CCN1C(=O)Nc1ccccc1C(F)(F)F. The van der Waals surface area contributed by atoms with Gasteiger partial charge >= 0.3 is 12.2 Å². The Hall–Kier alpha value is -2.44. The average Bonchev–Trinajstić information content (AvgIpc) is 3.01. The van der Waals surface area contributed by atoms with Gasteiger partial charge in [0.1, 0.15) is 0 Å². The van der Waals surface area contributed by atoms with E-state index in [2.05, 4.69) is 9.88 Å². The summed E-state index contributed by atoms with van der Waals surface area (Å²) in [7, 11) is 0. The number of urea groups is 1. The minimum absolute atomic E-state index is 0.137. The Morgan fingerprint density at radius 2 is 1.88 bits per heavy atom. The van der Waals surface area contributed by atoms with Crippen LogP contribution in [0.25, 0.3) is 0 Å². The molecule has 2 amide bonds. The molecule has 25 heavy (non-hydrogen) atoms. The van der Waals surface area contributed by atoms with E-state index in [1.807, 2.05) is 32.2 Å². The second-order valence-electron chi connectivity index (χ2n) is 6.48. The molecule has 1 aliphatic rings. The van der Waals surface area contributed by atoms with Crippen LogP contribution in [-0.4, -0.2) is 22.0 Å². The number of benzene rings is 1. The third kappa shape index (κ3) is 3.36. The molecule has 4 nitrogen and oxygen atoms in total. The Morgan fingerprint density at radius 3 is 2.56 bits per heavy atom. The van der Waals surface area contributed by atoms with Crippen LogP contribution in [0, 0.1) is 5.92 Å². The number of hydrogen-bond donors (Lipinski definition) is 1. The number of para-hydroxylation sites is 1. The number of anilines is 1. The van der Waals surface area contributed by atoms with Gasteiger partial charge in [-0.2, -0.15) is 13.2 Å². The molecule has 0 saturated heterocycles. The minimum Gasteiger partial charge on any atom is -0.348 e. The molecule has 0 bridgehead atoms. The molecule has 0 spiro atoms. The van der Waals surface area contributed by atoms with Crippen LogP contribution in [0.15, 0.2) is 42.6 Å². The summed E-state index contributed by atoms with van der Waals surface area (Å²) >= 11 is 0. The summed E-state index contributed by atoms with van der Waals surface area (Å²) in [5.74, 6) is 0.137. The van der Waals surface area contributed by atoms with Crippen molar-refractivity contribution in [2.45, 2.75) is 32.6 Å². The zero-order valence-electron chi connectivity index (χ0n) is 14.0. The Bertz CT molecular complexity index is 767. The van der Waals surface area contributed by atoms with Crippen molar-refractivity contribution in [1.82, 2.24) is 9.47 Å². The molecule has 1 aromatic heterocycles. The zero-order valence-corrected chi connectivity index (χ0v) is 14.0. The molecule has 0 aliphatic carbocycles. The van der Waals surface area contributed by atoms with E-state index in [1.165, 1.54) is 18.2 Å². The van der Waals surface area contributed by atoms with Crippen molar-refractivity contribution in [1.29, 1.82) is 0 Å². The third-order valence-corrected chi connectivity index (χ3v) is 4.45. The van der Waals surface area contributed by atoms with Gasteiger partial charge in [0.15, 0.2) is 0 Å². The summed E-state index contributed by atoms with van der Waals surface area (Å²) in [6.45, 7) is 5.07. The first-order valence-corrected chi connectivity index (χ1v) is 8.18. The fourth-order valence-corrected chi connectivity index (χ4v) is 3.37. The quantitative estimate of drug-likeness (QED) is 0.833. The van der Waals surface area contributed by atoms with Gasteiger partial charge in [0.2, 0.25) is 0 Å². The van der Waals surface area contributed by atoms with Crippen LogP contribution in [0.1, 0.15) is 31.1 Å². The van der Waals surface area contributed by atoms with E-state index < -0.39 is 17.8 Å². The molecule has 0 radical (unpaired) electrons. The highest BCUT2D eigenvalue weighted by atomic mass is 19.4. The van der Waals surface area contributed by atoms with E-state index in [9.17, 15) is 18.0 Å². The number of rotatable bonds is 2. The van der Waals surface area contributed by atoms with Crippen LogP contribution < -0.4 is 5.32 Å². The Morgan fingerprint density at radius 1 is 1.16 bits per heavy atom. The lowest BCUT2D eigenvalue weighted by molar-refractivity contribution is -0.136. The summed E-state index contributed by atoms with van der Waals surface area (Å²) in [6.07, 6.45) is -2.56. The van der Waals surface area contributed by atoms with E-state index in [1.54, 1.807) is 4.90 Å². The summed E-state index contributed by atoms with van der Waals surface area (Å²) in [4.78, 5) is 14.3. The summed E-state index contributed by atoms with van der Waals surface area (Å²) in [5, 5.41) is 2.45. The lowest BCUT2D eigenvalue weighted by Crippen LogP contribution is -2.46. The van der Waals surface area contributed by atoms with Gasteiger partial charge in [-0.3, -0.25) is 0 Å². The molecule has 1 N–H and O–H groups in total. The number of amides is 2. The summed E-state index contributed by atoms with van der Waals surface area (Å²) < 4.78 is 41.5. The standard InChI is InChI=1S/C18H20F3N3O/c1-12(2)16-15-8-5-9-23(15)10-11-24(16)17(25)22-14-7-4-3-6-13(14)18(19,20)21/h3-9,12,16H,10-11H2,1-2H3,(H,22,25)/t16-/m1/s1. The zero-order chi connectivity index (χ0) is 18.2. The number of nitrogens with zero attached hydrogens (tertiary/aromatic N) is 2. The maximum atomic E-state index is 13.1. The Balaban J connectivity index is 1.87. The van der Waals surface area contributed by atoms with Crippen molar-refractivity contribution in [2.24, 2.45) is 5.92 Å². The number of alkyl halides is 3. The topological polar surface area (TPSA) is 37.3 Å². The van der Waals surface area contributed by atoms with Gasteiger partial charge in [0.05, 0.1) is 17.3 Å². The van der Waals surface area contributed by atoms with Crippen LogP contribution in [-0.2, 0) is 12.7 Å². The molecule has 3 rings (SSSR count). The molecular weight excluding hydrogens is 331 g/mol. The van der Waals surface area contributed by atoms with Crippen molar-refractivity contribution in [3.8, 4) is 0 Å². The third-order valence-electron chi connectivity index (χ3n) is 4.45. The first-order valence-electron chi connectivity index (χ1n) is 8.18. The maximum Gasteiger partial charge on any atom is 0.418 e. The first kappa shape index (κ1) is 17.4. The smallest absolute Gasteiger partial charge is 0.348 e. The lowest BCUT2D eigenvalue weighted by atomic mass is 9.97. The monoisotopic (exact) mass is 351 g/mol. The predicted molar refractivity (Wildman–Crippen MR) is 89.2 cm³/mol. The molecule has 0 unspecified atom stereocenters. The lowest BCUT2D eigenvalue weighted by Gasteiger charge is -2.39. The van der Waals surface area contributed by atoms with Gasteiger partial charge in [-0.15, -0.1) is 0 Å². The average molecular weight is 351 g/mol. The van der Waals surface area contributed by atoms with Gasteiger partial charge in [-0.1, -0.05) is 26.0 Å². The van der Waals surface area contributed by atoms with Crippen LogP contribution in [0.3, 0.4) is 0 Å². The van der Waals surface area contributed by atoms with Crippen molar-refractivity contribution in [2.75, 3.05) is 11.9 Å². The minimum atomic E-state index is -4.52. The molecule has 134 valence electrons. The Kier molecular flexibility index (Phi) is 4.49. The molecule has 0 fully saturated rings. The fourth-order valence-electron chi connectivity index (χ4n) is 3.37. The van der Waals surface area contributed by atoms with E-state index in [-0.39, 0.29) is 17.6 Å². The number of fused-ring (bicyclic) bond motifs is 1. The van der Waals surface area contributed by atoms with Crippen LogP contribution in [0.4, 0.5) is 23.7 Å². The van der Waals surface area contributed by atoms with Crippen LogP contribution >= 0.6 is 0 Å². The predicted octanol–water partition coefficient (Wildman–Crippen LogP) is 4.75. The van der Waals surface area contributed by atoms with Crippen molar-refractivity contribution in [3.63, 3.8) is 0 Å². The van der Waals surface area contributed by atoms with Crippen LogP contribution in [0.5, 0.6) is 0 Å². The van der Waals surface area contributed by atoms with Crippen molar-refractivity contribution < 1.29 is 18.0 Å². The number of nitrogens with one attached hydrogen (secondary N) is 1. The van der Waals surface area contributed by atoms with E-state index >= 15 is 0 Å².